The Morgan fingerprint density at radius 1 is 0.962 bits per heavy atom. The molecule has 0 radical (unpaired) electrons. The third kappa shape index (κ3) is 3.36. The van der Waals surface area contributed by atoms with Gasteiger partial charge in [-0.25, -0.2) is 0 Å². The molecule has 4 rings (SSSR count). The zero-order chi connectivity index (χ0) is 17.9. The molecular weight excluding hydrogens is 324 g/mol. The van der Waals surface area contributed by atoms with Gasteiger partial charge in [-0.2, -0.15) is 0 Å². The number of nitrogens with one attached hydrogen (secondary N) is 1. The van der Waals surface area contributed by atoms with E-state index in [-0.39, 0.29) is 17.7 Å². The average molecular weight is 348 g/mol. The summed E-state index contributed by atoms with van der Waals surface area (Å²) in [6.45, 7) is 0.558. The summed E-state index contributed by atoms with van der Waals surface area (Å²) in [4.78, 5) is 27.1. The van der Waals surface area contributed by atoms with E-state index in [0.717, 1.165) is 29.7 Å². The number of nitrogens with zero attached hydrogens (tertiary/aromatic N) is 1. The standard InChI is InChI=1S/C22H24N2O2/c25-21-14-17(15-24(21)18-10-4-5-11-18)22(26)23-20-13-7-6-12-19(20)16-8-2-1-3-9-16/h1-3,6-9,12-13,17-18H,4-5,10-11,14-15H2,(H,23,26). The number of hydrogen-bond acceptors (Lipinski definition) is 2. The molecule has 134 valence electrons. The van der Waals surface area contributed by atoms with Crippen molar-refractivity contribution in [3.63, 3.8) is 0 Å². The Bertz CT molecular complexity index is 797. The van der Waals surface area contributed by atoms with Crippen molar-refractivity contribution in [1.29, 1.82) is 0 Å². The van der Waals surface area contributed by atoms with Gasteiger partial charge in [-0.05, 0) is 24.5 Å². The summed E-state index contributed by atoms with van der Waals surface area (Å²) in [7, 11) is 0. The first-order chi connectivity index (χ1) is 12.7. The molecule has 2 fully saturated rings. The van der Waals surface area contributed by atoms with Crippen molar-refractivity contribution < 1.29 is 9.59 Å². The SMILES string of the molecule is O=C(Nc1ccccc1-c1ccccc1)C1CC(=O)N(C2CCCC2)C1. The fourth-order valence-electron chi connectivity index (χ4n) is 4.17. The smallest absolute Gasteiger partial charge is 0.229 e. The van der Waals surface area contributed by atoms with Crippen LogP contribution in [-0.2, 0) is 9.59 Å². The van der Waals surface area contributed by atoms with Gasteiger partial charge < -0.3 is 10.2 Å². The highest BCUT2D eigenvalue weighted by Crippen LogP contribution is 2.31. The van der Waals surface area contributed by atoms with E-state index in [9.17, 15) is 9.59 Å². The number of carbonyl (C=O) groups is 2. The lowest BCUT2D eigenvalue weighted by molar-refractivity contribution is -0.129. The molecule has 2 amide bonds. The van der Waals surface area contributed by atoms with Gasteiger partial charge in [0.05, 0.1) is 5.92 Å². The van der Waals surface area contributed by atoms with E-state index in [0.29, 0.717) is 19.0 Å². The maximum Gasteiger partial charge on any atom is 0.229 e. The van der Waals surface area contributed by atoms with Crippen molar-refractivity contribution >= 4 is 17.5 Å². The van der Waals surface area contributed by atoms with Crippen molar-refractivity contribution in [2.24, 2.45) is 5.92 Å². The van der Waals surface area contributed by atoms with Crippen molar-refractivity contribution in [1.82, 2.24) is 4.90 Å². The van der Waals surface area contributed by atoms with Gasteiger partial charge in [0.15, 0.2) is 0 Å². The van der Waals surface area contributed by atoms with Crippen molar-refractivity contribution in [3.05, 3.63) is 54.6 Å². The van der Waals surface area contributed by atoms with Crippen LogP contribution in [0.3, 0.4) is 0 Å². The van der Waals surface area contributed by atoms with Crippen LogP contribution in [0.4, 0.5) is 5.69 Å². The zero-order valence-electron chi connectivity index (χ0n) is 14.9. The number of benzene rings is 2. The second-order valence-corrected chi connectivity index (χ2v) is 7.29. The van der Waals surface area contributed by atoms with Gasteiger partial charge in [0, 0.05) is 30.3 Å². The number of carbonyl (C=O) groups excluding carboxylic acids is 2. The van der Waals surface area contributed by atoms with Crippen molar-refractivity contribution in [2.75, 3.05) is 11.9 Å². The van der Waals surface area contributed by atoms with Crippen LogP contribution in [0.2, 0.25) is 0 Å². The summed E-state index contributed by atoms with van der Waals surface area (Å²) in [6.07, 6.45) is 4.87. The van der Waals surface area contributed by atoms with Gasteiger partial charge >= 0.3 is 0 Å². The van der Waals surface area contributed by atoms with E-state index in [4.69, 9.17) is 0 Å². The van der Waals surface area contributed by atoms with Gasteiger partial charge in [0.25, 0.3) is 0 Å². The third-order valence-corrected chi connectivity index (χ3v) is 5.56. The largest absolute Gasteiger partial charge is 0.339 e. The Balaban J connectivity index is 1.48. The Kier molecular flexibility index (Phi) is 4.74. The molecule has 1 aliphatic heterocycles. The minimum Gasteiger partial charge on any atom is -0.339 e. The molecule has 1 saturated heterocycles. The predicted molar refractivity (Wildman–Crippen MR) is 103 cm³/mol. The molecule has 0 bridgehead atoms. The van der Waals surface area contributed by atoms with Crippen LogP contribution in [-0.4, -0.2) is 29.3 Å². The monoisotopic (exact) mass is 348 g/mol. The predicted octanol–water partition coefficient (Wildman–Crippen LogP) is 4.08. The number of hydrogen-bond donors (Lipinski definition) is 1. The normalized spacial score (nSPS) is 20.5. The molecule has 1 saturated carbocycles. The Morgan fingerprint density at radius 3 is 2.42 bits per heavy atom. The number of amides is 2. The third-order valence-electron chi connectivity index (χ3n) is 5.56. The highest BCUT2D eigenvalue weighted by molar-refractivity contribution is 6.00. The Hall–Kier alpha value is -2.62. The second kappa shape index (κ2) is 7.32. The first-order valence-electron chi connectivity index (χ1n) is 9.47. The second-order valence-electron chi connectivity index (χ2n) is 7.29. The fourth-order valence-corrected chi connectivity index (χ4v) is 4.17. The lowest BCUT2D eigenvalue weighted by Gasteiger charge is -2.24. The van der Waals surface area contributed by atoms with Crippen LogP contribution in [0.25, 0.3) is 11.1 Å². The first kappa shape index (κ1) is 16.8. The van der Waals surface area contributed by atoms with Crippen LogP contribution in [0.5, 0.6) is 0 Å². The lowest BCUT2D eigenvalue weighted by atomic mass is 10.0. The van der Waals surface area contributed by atoms with E-state index >= 15 is 0 Å². The molecular formula is C22H24N2O2. The van der Waals surface area contributed by atoms with Gasteiger partial charge in [-0.15, -0.1) is 0 Å². The van der Waals surface area contributed by atoms with Crippen LogP contribution < -0.4 is 5.32 Å². The molecule has 0 spiro atoms. The molecule has 26 heavy (non-hydrogen) atoms. The highest BCUT2D eigenvalue weighted by atomic mass is 16.2. The molecule has 4 heteroatoms. The molecule has 4 nitrogen and oxygen atoms in total. The van der Waals surface area contributed by atoms with Gasteiger partial charge in [-0.1, -0.05) is 61.4 Å². The molecule has 2 aromatic rings. The summed E-state index contributed by atoms with van der Waals surface area (Å²) in [5.41, 5.74) is 2.87. The van der Waals surface area contributed by atoms with E-state index in [1.807, 2.05) is 59.5 Å². The van der Waals surface area contributed by atoms with E-state index < -0.39 is 0 Å². The highest BCUT2D eigenvalue weighted by Gasteiger charge is 2.38. The van der Waals surface area contributed by atoms with Crippen LogP contribution in [0.1, 0.15) is 32.1 Å². The molecule has 1 N–H and O–H groups in total. The van der Waals surface area contributed by atoms with E-state index in [2.05, 4.69) is 5.32 Å². The minimum atomic E-state index is -0.257. The molecule has 1 heterocycles. The number of rotatable bonds is 4. The van der Waals surface area contributed by atoms with Gasteiger partial charge in [0.1, 0.15) is 0 Å². The molecule has 1 unspecified atom stereocenters. The molecule has 0 aromatic heterocycles. The Morgan fingerprint density at radius 2 is 1.65 bits per heavy atom. The zero-order valence-corrected chi connectivity index (χ0v) is 14.9. The summed E-state index contributed by atoms with van der Waals surface area (Å²) in [5, 5.41) is 3.06. The van der Waals surface area contributed by atoms with Crippen LogP contribution >= 0.6 is 0 Å². The topological polar surface area (TPSA) is 49.4 Å². The Labute approximate surface area is 154 Å². The summed E-state index contributed by atoms with van der Waals surface area (Å²) >= 11 is 0. The number of anilines is 1. The fraction of sp³-hybridized carbons (Fsp3) is 0.364. The molecule has 2 aliphatic rings. The summed E-state index contributed by atoms with van der Waals surface area (Å²) < 4.78 is 0. The maximum atomic E-state index is 12.8. The lowest BCUT2D eigenvalue weighted by Crippen LogP contribution is -2.35. The quantitative estimate of drug-likeness (QED) is 0.905. The summed E-state index contributed by atoms with van der Waals surface area (Å²) in [5.74, 6) is -0.178. The van der Waals surface area contributed by atoms with E-state index in [1.54, 1.807) is 0 Å². The molecule has 2 aromatic carbocycles. The van der Waals surface area contributed by atoms with Crippen LogP contribution in [0.15, 0.2) is 54.6 Å². The molecule has 1 atom stereocenters. The van der Waals surface area contributed by atoms with E-state index in [1.165, 1.54) is 12.8 Å². The average Bonchev–Trinajstić information content (AvgIpc) is 3.32. The maximum absolute atomic E-state index is 12.8. The number of para-hydroxylation sites is 1. The summed E-state index contributed by atoms with van der Waals surface area (Å²) in [6, 6.07) is 18.2. The van der Waals surface area contributed by atoms with Gasteiger partial charge in [0.2, 0.25) is 11.8 Å². The van der Waals surface area contributed by atoms with Crippen LogP contribution in [0, 0.1) is 5.92 Å². The molecule has 1 aliphatic carbocycles. The van der Waals surface area contributed by atoms with Crippen molar-refractivity contribution in [2.45, 2.75) is 38.1 Å². The van der Waals surface area contributed by atoms with Crippen molar-refractivity contribution in [3.8, 4) is 11.1 Å². The number of likely N-dealkylation sites (tertiary alicyclic amines) is 1. The van der Waals surface area contributed by atoms with Gasteiger partial charge in [-0.3, -0.25) is 9.59 Å². The minimum absolute atomic E-state index is 0.0535. The first-order valence-corrected chi connectivity index (χ1v) is 9.47.